The highest BCUT2D eigenvalue weighted by atomic mass is 31.2. The molecule has 0 aliphatic heterocycles. The largest absolute Gasteiger partial charge is 0.472 e. The molecule has 0 aliphatic carbocycles. The van der Waals surface area contributed by atoms with Crippen LogP contribution in [0.15, 0.2) is 0 Å². The van der Waals surface area contributed by atoms with E-state index in [2.05, 4.69) is 25.7 Å². The molecule has 0 bridgehead atoms. The van der Waals surface area contributed by atoms with Crippen molar-refractivity contribution >= 4 is 7.82 Å². The Balaban J connectivity index is 3.96. The smallest absolute Gasteiger partial charge is 0.303 e. The summed E-state index contributed by atoms with van der Waals surface area (Å²) in [5.41, 5.74) is 0. The zero-order valence-electron chi connectivity index (χ0n) is 21.8. The van der Waals surface area contributed by atoms with E-state index >= 15 is 0 Å². The second-order valence-corrected chi connectivity index (χ2v) is 10.7. The number of nitrogens with zero attached hydrogens (tertiary/aromatic N) is 1. The van der Waals surface area contributed by atoms with E-state index in [4.69, 9.17) is 9.05 Å². The minimum Gasteiger partial charge on any atom is -0.303 e. The van der Waals surface area contributed by atoms with Gasteiger partial charge in [0, 0.05) is 6.54 Å². The molecule has 5 nitrogen and oxygen atoms in total. The quantitative estimate of drug-likeness (QED) is 0.0999. The summed E-state index contributed by atoms with van der Waals surface area (Å²) < 4.78 is 22.4. The molecule has 0 heterocycles. The fraction of sp³-hybridized carbons (Fsp3) is 1.00. The average Bonchev–Trinajstić information content (AvgIpc) is 2.77. The molecule has 0 aliphatic rings. The van der Waals surface area contributed by atoms with Gasteiger partial charge in [0.2, 0.25) is 0 Å². The van der Waals surface area contributed by atoms with Gasteiger partial charge in [0.05, 0.1) is 13.2 Å². The molecule has 32 heavy (non-hydrogen) atoms. The minimum absolute atomic E-state index is 0.285. The van der Waals surface area contributed by atoms with Crippen LogP contribution in [0.2, 0.25) is 0 Å². The van der Waals surface area contributed by atoms with Crippen molar-refractivity contribution < 1.29 is 18.5 Å². The van der Waals surface area contributed by atoms with E-state index in [9.17, 15) is 9.46 Å². The van der Waals surface area contributed by atoms with E-state index < -0.39 is 7.82 Å². The van der Waals surface area contributed by atoms with Gasteiger partial charge in [-0.25, -0.2) is 4.57 Å². The maximum Gasteiger partial charge on any atom is 0.472 e. The first-order chi connectivity index (χ1) is 15.6. The molecule has 194 valence electrons. The number of phosphoric acid groups is 1. The predicted octanol–water partition coefficient (Wildman–Crippen LogP) is 8.50. The monoisotopic (exact) mass is 477 g/mol. The van der Waals surface area contributed by atoms with E-state index in [0.29, 0.717) is 6.61 Å². The van der Waals surface area contributed by atoms with Gasteiger partial charge in [-0.1, -0.05) is 111 Å². The summed E-state index contributed by atoms with van der Waals surface area (Å²) in [7, 11) is -3.90. The fourth-order valence-corrected chi connectivity index (χ4v) is 4.75. The van der Waals surface area contributed by atoms with Crippen LogP contribution in [0, 0.1) is 0 Å². The average molecular weight is 478 g/mol. The summed E-state index contributed by atoms with van der Waals surface area (Å²) in [6.45, 7) is 10.5. The number of rotatable bonds is 26. The summed E-state index contributed by atoms with van der Waals surface area (Å²) in [5, 5.41) is 0. The van der Waals surface area contributed by atoms with Crippen LogP contribution in [0.1, 0.15) is 136 Å². The molecular weight excluding hydrogens is 421 g/mol. The predicted molar refractivity (Wildman–Crippen MR) is 138 cm³/mol. The van der Waals surface area contributed by atoms with Gasteiger partial charge in [0.25, 0.3) is 0 Å². The molecule has 1 atom stereocenters. The van der Waals surface area contributed by atoms with Crippen LogP contribution < -0.4 is 0 Å². The number of unbranched alkanes of at least 4 members (excludes halogenated alkanes) is 14. The molecule has 0 radical (unpaired) electrons. The Morgan fingerprint density at radius 3 is 1.34 bits per heavy atom. The van der Waals surface area contributed by atoms with E-state index in [1.165, 1.54) is 96.3 Å². The van der Waals surface area contributed by atoms with Crippen LogP contribution in [-0.4, -0.2) is 42.6 Å². The van der Waals surface area contributed by atoms with Crippen molar-refractivity contribution in [3.8, 4) is 0 Å². The van der Waals surface area contributed by atoms with E-state index in [1.807, 2.05) is 0 Å². The second-order valence-electron chi connectivity index (χ2n) is 9.28. The second kappa shape index (κ2) is 24.2. The van der Waals surface area contributed by atoms with Crippen molar-refractivity contribution in [3.63, 3.8) is 0 Å². The van der Waals surface area contributed by atoms with Crippen molar-refractivity contribution in [1.29, 1.82) is 0 Å². The number of hydrogen-bond donors (Lipinski definition) is 1. The third kappa shape index (κ3) is 23.2. The van der Waals surface area contributed by atoms with Crippen LogP contribution in [0.4, 0.5) is 0 Å². The lowest BCUT2D eigenvalue weighted by atomic mass is 10.1. The lowest BCUT2D eigenvalue weighted by molar-refractivity contribution is 0.139. The Bertz CT molecular complexity index is 409. The van der Waals surface area contributed by atoms with Gasteiger partial charge in [-0.3, -0.25) is 9.05 Å². The summed E-state index contributed by atoms with van der Waals surface area (Å²) in [4.78, 5) is 12.4. The van der Waals surface area contributed by atoms with Crippen molar-refractivity contribution in [2.75, 3.05) is 32.8 Å². The highest BCUT2D eigenvalue weighted by Gasteiger charge is 2.20. The molecule has 0 aromatic rings. The Hall–Kier alpha value is 0.0700. The fourth-order valence-electron chi connectivity index (χ4n) is 3.96. The highest BCUT2D eigenvalue weighted by molar-refractivity contribution is 7.47. The molecule has 0 saturated carbocycles. The zero-order chi connectivity index (χ0) is 23.8. The summed E-state index contributed by atoms with van der Waals surface area (Å²) in [6.07, 6.45) is 21.9. The van der Waals surface area contributed by atoms with Gasteiger partial charge in [-0.05, 0) is 38.8 Å². The topological polar surface area (TPSA) is 59.0 Å². The number of hydrogen-bond acceptors (Lipinski definition) is 4. The van der Waals surface area contributed by atoms with Crippen molar-refractivity contribution in [1.82, 2.24) is 4.90 Å². The molecule has 0 saturated heterocycles. The van der Waals surface area contributed by atoms with Gasteiger partial charge in [-0.15, -0.1) is 0 Å². The normalized spacial score (nSPS) is 13.7. The van der Waals surface area contributed by atoms with Gasteiger partial charge < -0.3 is 9.79 Å². The molecular formula is C26H56NO4P. The van der Waals surface area contributed by atoms with Crippen LogP contribution in [-0.2, 0) is 13.6 Å². The van der Waals surface area contributed by atoms with Crippen LogP contribution in [0.3, 0.4) is 0 Å². The maximum absolute atomic E-state index is 12.1. The van der Waals surface area contributed by atoms with E-state index in [0.717, 1.165) is 38.9 Å². The standard InChI is InChI=1S/C26H56NO4P/c1-4-7-10-13-14-17-20-25-30-32(28,29)31-26-21-24-27(22-18-15-11-8-5-2)23-19-16-12-9-6-3/h4-26H2,1-3H3,(H,28,29). The van der Waals surface area contributed by atoms with Crippen LogP contribution in [0.25, 0.3) is 0 Å². The molecule has 1 unspecified atom stereocenters. The highest BCUT2D eigenvalue weighted by Crippen LogP contribution is 2.43. The molecule has 0 aromatic carbocycles. The molecule has 0 amide bonds. The van der Waals surface area contributed by atoms with Crippen molar-refractivity contribution in [3.05, 3.63) is 0 Å². The lowest BCUT2D eigenvalue weighted by Crippen LogP contribution is -2.28. The molecule has 0 fully saturated rings. The van der Waals surface area contributed by atoms with Crippen LogP contribution >= 0.6 is 7.82 Å². The first-order valence-electron chi connectivity index (χ1n) is 13.9. The Labute approximate surface area is 200 Å². The van der Waals surface area contributed by atoms with Crippen LogP contribution in [0.5, 0.6) is 0 Å². The SMILES string of the molecule is CCCCCCCCCOP(=O)(O)OCCCN(CCCCCCC)CCCCCCC. The van der Waals surface area contributed by atoms with Gasteiger partial charge in [0.1, 0.15) is 0 Å². The van der Waals surface area contributed by atoms with Gasteiger partial charge >= 0.3 is 7.82 Å². The van der Waals surface area contributed by atoms with Gasteiger partial charge in [-0.2, -0.15) is 0 Å². The van der Waals surface area contributed by atoms with Crippen molar-refractivity contribution in [2.24, 2.45) is 0 Å². The lowest BCUT2D eigenvalue weighted by Gasteiger charge is -2.22. The molecule has 0 aromatic heterocycles. The first-order valence-corrected chi connectivity index (χ1v) is 15.4. The van der Waals surface area contributed by atoms with E-state index in [1.54, 1.807) is 0 Å². The van der Waals surface area contributed by atoms with Crippen molar-refractivity contribution in [2.45, 2.75) is 136 Å². The molecule has 0 rings (SSSR count). The third-order valence-electron chi connectivity index (χ3n) is 6.03. The minimum atomic E-state index is -3.90. The first kappa shape index (κ1) is 32.1. The zero-order valence-corrected chi connectivity index (χ0v) is 22.7. The molecule has 1 N–H and O–H groups in total. The molecule has 6 heteroatoms. The Morgan fingerprint density at radius 1 is 0.531 bits per heavy atom. The maximum atomic E-state index is 12.1. The van der Waals surface area contributed by atoms with E-state index in [-0.39, 0.29) is 6.61 Å². The summed E-state index contributed by atoms with van der Waals surface area (Å²) >= 11 is 0. The number of phosphoric ester groups is 1. The Kier molecular flexibility index (Phi) is 24.3. The summed E-state index contributed by atoms with van der Waals surface area (Å²) in [5.74, 6) is 0. The summed E-state index contributed by atoms with van der Waals surface area (Å²) in [6, 6.07) is 0. The molecule has 0 spiro atoms. The third-order valence-corrected chi connectivity index (χ3v) is 7.05. The Morgan fingerprint density at radius 2 is 0.875 bits per heavy atom. The van der Waals surface area contributed by atoms with Gasteiger partial charge in [0.15, 0.2) is 0 Å².